The van der Waals surface area contributed by atoms with E-state index in [9.17, 15) is 9.59 Å². The number of amides is 2. The van der Waals surface area contributed by atoms with Crippen molar-refractivity contribution in [1.82, 2.24) is 4.90 Å². The van der Waals surface area contributed by atoms with Crippen LogP contribution in [0, 0.1) is 0 Å². The summed E-state index contributed by atoms with van der Waals surface area (Å²) >= 11 is 0. The molecule has 3 rings (SSSR count). The number of nitrogens with zero attached hydrogens (tertiary/aromatic N) is 1. The Kier molecular flexibility index (Phi) is 5.73. The Labute approximate surface area is 153 Å². The van der Waals surface area contributed by atoms with E-state index in [0.717, 1.165) is 37.4 Å². The summed E-state index contributed by atoms with van der Waals surface area (Å²) in [6.07, 6.45) is 2.13. The van der Waals surface area contributed by atoms with Crippen LogP contribution in [0.2, 0.25) is 0 Å². The van der Waals surface area contributed by atoms with Gasteiger partial charge in [0.25, 0.3) is 5.91 Å². The van der Waals surface area contributed by atoms with E-state index in [1.807, 2.05) is 23.1 Å². The quantitative estimate of drug-likeness (QED) is 0.838. The Hall–Kier alpha value is -3.02. The molecule has 2 N–H and O–H groups in total. The molecule has 0 aliphatic carbocycles. The molecule has 1 saturated heterocycles. The number of anilines is 2. The Bertz CT molecular complexity index is 768. The minimum absolute atomic E-state index is 0.0498. The lowest BCUT2D eigenvalue weighted by Gasteiger charge is -2.16. The minimum atomic E-state index is -0.161. The molecule has 0 unspecified atom stereocenters. The Morgan fingerprint density at radius 2 is 1.77 bits per heavy atom. The molecule has 0 spiro atoms. The summed E-state index contributed by atoms with van der Waals surface area (Å²) in [5.74, 6) is 0.626. The number of methoxy groups -OCH3 is 1. The van der Waals surface area contributed by atoms with Crippen molar-refractivity contribution in [3.8, 4) is 5.75 Å². The van der Waals surface area contributed by atoms with Crippen molar-refractivity contribution in [1.29, 1.82) is 0 Å². The molecule has 0 bridgehead atoms. The topological polar surface area (TPSA) is 70.7 Å². The summed E-state index contributed by atoms with van der Waals surface area (Å²) in [6, 6.07) is 14.4. The van der Waals surface area contributed by atoms with Crippen LogP contribution in [0.25, 0.3) is 0 Å². The summed E-state index contributed by atoms with van der Waals surface area (Å²) in [5.41, 5.74) is 2.10. The molecular formula is C20H23N3O3. The van der Waals surface area contributed by atoms with Gasteiger partial charge < -0.3 is 20.3 Å². The molecule has 1 aliphatic heterocycles. The van der Waals surface area contributed by atoms with Crippen LogP contribution in [0.15, 0.2) is 48.5 Å². The van der Waals surface area contributed by atoms with Crippen molar-refractivity contribution in [2.24, 2.45) is 0 Å². The lowest BCUT2D eigenvalue weighted by molar-refractivity contribution is -0.114. The van der Waals surface area contributed by atoms with Crippen molar-refractivity contribution >= 4 is 23.2 Å². The average molecular weight is 353 g/mol. The summed E-state index contributed by atoms with van der Waals surface area (Å²) < 4.78 is 5.09. The van der Waals surface area contributed by atoms with E-state index in [-0.39, 0.29) is 18.4 Å². The van der Waals surface area contributed by atoms with Crippen LogP contribution >= 0.6 is 0 Å². The molecule has 2 amide bonds. The van der Waals surface area contributed by atoms with E-state index in [2.05, 4.69) is 10.6 Å². The van der Waals surface area contributed by atoms with Gasteiger partial charge in [-0.15, -0.1) is 0 Å². The first-order valence-corrected chi connectivity index (χ1v) is 8.73. The van der Waals surface area contributed by atoms with Crippen LogP contribution < -0.4 is 15.4 Å². The summed E-state index contributed by atoms with van der Waals surface area (Å²) in [7, 11) is 1.60. The number of likely N-dealkylation sites (tertiary alicyclic amines) is 1. The lowest BCUT2D eigenvalue weighted by Crippen LogP contribution is -2.27. The molecule has 0 radical (unpaired) electrons. The second-order valence-electron chi connectivity index (χ2n) is 6.21. The zero-order valence-electron chi connectivity index (χ0n) is 14.8. The van der Waals surface area contributed by atoms with Gasteiger partial charge in [-0.25, -0.2) is 0 Å². The molecule has 0 atom stereocenters. The summed E-state index contributed by atoms with van der Waals surface area (Å²) in [4.78, 5) is 26.4. The monoisotopic (exact) mass is 353 g/mol. The van der Waals surface area contributed by atoms with Crippen LogP contribution in [0.1, 0.15) is 23.2 Å². The molecule has 2 aromatic carbocycles. The molecule has 26 heavy (non-hydrogen) atoms. The standard InChI is InChI=1S/C20H23N3O3/c1-26-18-9-7-16(8-10-18)22-19(24)14-21-17-6-4-5-15(13-17)20(25)23-11-2-3-12-23/h4-10,13,21H,2-3,11-12,14H2,1H3,(H,22,24). The Balaban J connectivity index is 1.54. The van der Waals surface area contributed by atoms with Gasteiger partial charge in [0.15, 0.2) is 0 Å². The Morgan fingerprint density at radius 1 is 1.04 bits per heavy atom. The third kappa shape index (κ3) is 4.53. The van der Waals surface area contributed by atoms with Gasteiger partial charge in [0.2, 0.25) is 5.91 Å². The van der Waals surface area contributed by atoms with E-state index >= 15 is 0 Å². The highest BCUT2D eigenvalue weighted by Crippen LogP contribution is 2.17. The highest BCUT2D eigenvalue weighted by molar-refractivity contribution is 5.96. The Morgan fingerprint density at radius 3 is 2.46 bits per heavy atom. The lowest BCUT2D eigenvalue weighted by atomic mass is 10.1. The van der Waals surface area contributed by atoms with Crippen LogP contribution in [0.5, 0.6) is 5.75 Å². The fourth-order valence-corrected chi connectivity index (χ4v) is 2.93. The highest BCUT2D eigenvalue weighted by Gasteiger charge is 2.19. The third-order valence-corrected chi connectivity index (χ3v) is 4.33. The molecule has 6 heteroatoms. The van der Waals surface area contributed by atoms with Crippen molar-refractivity contribution < 1.29 is 14.3 Å². The van der Waals surface area contributed by atoms with Crippen LogP contribution in [0.4, 0.5) is 11.4 Å². The minimum Gasteiger partial charge on any atom is -0.497 e. The number of ether oxygens (including phenoxy) is 1. The van der Waals surface area contributed by atoms with E-state index in [4.69, 9.17) is 4.74 Å². The predicted molar refractivity (Wildman–Crippen MR) is 102 cm³/mol. The van der Waals surface area contributed by atoms with E-state index in [0.29, 0.717) is 11.3 Å². The molecule has 0 saturated carbocycles. The number of hydrogen-bond donors (Lipinski definition) is 2. The summed E-state index contributed by atoms with van der Waals surface area (Å²) in [6.45, 7) is 1.76. The van der Waals surface area contributed by atoms with E-state index < -0.39 is 0 Å². The molecule has 2 aromatic rings. The van der Waals surface area contributed by atoms with Crippen LogP contribution in [0.3, 0.4) is 0 Å². The zero-order chi connectivity index (χ0) is 18.4. The van der Waals surface area contributed by atoms with Crippen molar-refractivity contribution in [2.45, 2.75) is 12.8 Å². The number of nitrogens with one attached hydrogen (secondary N) is 2. The van der Waals surface area contributed by atoms with Gasteiger partial charge in [0, 0.05) is 30.0 Å². The van der Waals surface area contributed by atoms with Crippen LogP contribution in [-0.4, -0.2) is 43.5 Å². The molecule has 1 fully saturated rings. The van der Waals surface area contributed by atoms with Gasteiger partial charge in [-0.05, 0) is 55.3 Å². The van der Waals surface area contributed by atoms with Gasteiger partial charge in [-0.2, -0.15) is 0 Å². The maximum atomic E-state index is 12.4. The molecule has 0 aromatic heterocycles. The third-order valence-electron chi connectivity index (χ3n) is 4.33. The average Bonchev–Trinajstić information content (AvgIpc) is 3.21. The predicted octanol–water partition coefficient (Wildman–Crippen LogP) is 2.98. The number of carbonyl (C=O) groups excluding carboxylic acids is 2. The first-order valence-electron chi connectivity index (χ1n) is 8.73. The largest absolute Gasteiger partial charge is 0.497 e. The fourth-order valence-electron chi connectivity index (χ4n) is 2.93. The van der Waals surface area contributed by atoms with Crippen molar-refractivity contribution in [2.75, 3.05) is 37.4 Å². The highest BCUT2D eigenvalue weighted by atomic mass is 16.5. The molecule has 1 heterocycles. The summed E-state index contributed by atoms with van der Waals surface area (Å²) in [5, 5.41) is 5.88. The molecule has 1 aliphatic rings. The van der Waals surface area contributed by atoms with Crippen molar-refractivity contribution in [3.05, 3.63) is 54.1 Å². The molecule has 136 valence electrons. The van der Waals surface area contributed by atoms with Gasteiger partial charge in [0.05, 0.1) is 13.7 Å². The van der Waals surface area contributed by atoms with Crippen molar-refractivity contribution in [3.63, 3.8) is 0 Å². The number of carbonyl (C=O) groups is 2. The van der Waals surface area contributed by atoms with Gasteiger partial charge >= 0.3 is 0 Å². The SMILES string of the molecule is COc1ccc(NC(=O)CNc2cccc(C(=O)N3CCCC3)c2)cc1. The van der Waals surface area contributed by atoms with Gasteiger partial charge in [-0.1, -0.05) is 6.07 Å². The fraction of sp³-hybridized carbons (Fsp3) is 0.300. The number of benzene rings is 2. The normalized spacial score (nSPS) is 13.3. The smallest absolute Gasteiger partial charge is 0.253 e. The molecular weight excluding hydrogens is 330 g/mol. The maximum Gasteiger partial charge on any atom is 0.253 e. The second-order valence-corrected chi connectivity index (χ2v) is 6.21. The van der Waals surface area contributed by atoms with Crippen LogP contribution in [-0.2, 0) is 4.79 Å². The zero-order valence-corrected chi connectivity index (χ0v) is 14.8. The number of hydrogen-bond acceptors (Lipinski definition) is 4. The van der Waals surface area contributed by atoms with Gasteiger partial charge in [-0.3, -0.25) is 9.59 Å². The van der Waals surface area contributed by atoms with Gasteiger partial charge in [0.1, 0.15) is 5.75 Å². The number of rotatable bonds is 6. The van der Waals surface area contributed by atoms with E-state index in [1.54, 1.807) is 37.4 Å². The first-order chi connectivity index (χ1) is 12.7. The molecule has 6 nitrogen and oxygen atoms in total. The first kappa shape index (κ1) is 17.8. The van der Waals surface area contributed by atoms with E-state index in [1.165, 1.54) is 0 Å². The maximum absolute atomic E-state index is 12.4. The second kappa shape index (κ2) is 8.38.